The van der Waals surface area contributed by atoms with Gasteiger partial charge in [-0.15, -0.1) is 0 Å². The first-order valence-electron chi connectivity index (χ1n) is 16.5. The summed E-state index contributed by atoms with van der Waals surface area (Å²) in [5.41, 5.74) is 1.93. The van der Waals surface area contributed by atoms with Gasteiger partial charge in [0.25, 0.3) is 0 Å². The van der Waals surface area contributed by atoms with Gasteiger partial charge in [-0.3, -0.25) is 9.59 Å². The summed E-state index contributed by atoms with van der Waals surface area (Å²) in [6.07, 6.45) is 2.68. The van der Waals surface area contributed by atoms with Crippen LogP contribution in [0.3, 0.4) is 0 Å². The average molecular weight is 632 g/mol. The molecule has 5 rings (SSSR count). The van der Waals surface area contributed by atoms with Crippen LogP contribution in [0.1, 0.15) is 71.4 Å². The molecule has 5 amide bonds. The maximum atomic E-state index is 14.0. The Hall–Kier alpha value is -4.08. The number of hydrogen-bond donors (Lipinski definition) is 1. The van der Waals surface area contributed by atoms with Crippen molar-refractivity contribution in [3.63, 3.8) is 0 Å². The molecule has 0 saturated carbocycles. The minimum Gasteiger partial charge on any atom is -0.444 e. The van der Waals surface area contributed by atoms with E-state index in [4.69, 9.17) is 4.74 Å². The normalized spacial score (nSPS) is 20.3. The number of urea groups is 1. The van der Waals surface area contributed by atoms with Crippen LogP contribution >= 0.6 is 0 Å². The number of aryl methyl sites for hydroxylation is 1. The van der Waals surface area contributed by atoms with Crippen molar-refractivity contribution in [2.24, 2.45) is 0 Å². The molecule has 3 aliphatic rings. The van der Waals surface area contributed by atoms with Crippen molar-refractivity contribution in [1.29, 1.82) is 0 Å². The van der Waals surface area contributed by atoms with Crippen molar-refractivity contribution < 1.29 is 23.9 Å². The number of rotatable bonds is 7. The van der Waals surface area contributed by atoms with Crippen LogP contribution in [-0.4, -0.2) is 95.6 Å². The van der Waals surface area contributed by atoms with Crippen LogP contribution in [0.5, 0.6) is 0 Å². The van der Waals surface area contributed by atoms with E-state index >= 15 is 0 Å². The Bertz CT molecular complexity index is 1430. The zero-order valence-corrected chi connectivity index (χ0v) is 28.1. The standard InChI is InChI=1S/C36H49N5O5/c1-35(2,3)46-34(45)38(6)27-20-23-40(24-27)33(44)37-29(17-16-25-12-8-7-9-13-25)31(42)39-21-18-26(19-22-39)41-30-15-11-10-14-28(30)36(4,5)32(41)43/h7-15,26-27,29H,16-24H2,1-6H3,(H,37,44)/t27-,29-/m0/s1. The number of nitrogens with one attached hydrogen (secondary N) is 1. The number of para-hydroxylation sites is 1. The zero-order valence-electron chi connectivity index (χ0n) is 28.1. The highest BCUT2D eigenvalue weighted by Gasteiger charge is 2.47. The van der Waals surface area contributed by atoms with Gasteiger partial charge in [-0.2, -0.15) is 0 Å². The molecule has 46 heavy (non-hydrogen) atoms. The van der Waals surface area contributed by atoms with Gasteiger partial charge in [0.05, 0.1) is 11.5 Å². The summed E-state index contributed by atoms with van der Waals surface area (Å²) < 4.78 is 5.51. The fraction of sp³-hybridized carbons (Fsp3) is 0.556. The molecular formula is C36H49N5O5. The highest BCUT2D eigenvalue weighted by atomic mass is 16.6. The van der Waals surface area contributed by atoms with E-state index in [1.54, 1.807) is 16.8 Å². The van der Waals surface area contributed by atoms with Crippen molar-refractivity contribution in [2.75, 3.05) is 38.1 Å². The maximum absolute atomic E-state index is 14.0. The molecule has 0 aromatic heterocycles. The van der Waals surface area contributed by atoms with Crippen molar-refractivity contribution in [1.82, 2.24) is 20.0 Å². The number of fused-ring (bicyclic) bond motifs is 1. The topological polar surface area (TPSA) is 102 Å². The van der Waals surface area contributed by atoms with Crippen molar-refractivity contribution >= 4 is 29.6 Å². The Morgan fingerprint density at radius 1 is 0.957 bits per heavy atom. The third-order valence-corrected chi connectivity index (χ3v) is 9.57. The number of nitrogens with zero attached hydrogens (tertiary/aromatic N) is 4. The number of likely N-dealkylation sites (tertiary alicyclic amines) is 2. The molecule has 1 N–H and O–H groups in total. The van der Waals surface area contributed by atoms with Gasteiger partial charge in [0.2, 0.25) is 11.8 Å². The van der Waals surface area contributed by atoms with Gasteiger partial charge in [-0.1, -0.05) is 48.5 Å². The van der Waals surface area contributed by atoms with Gasteiger partial charge in [0.15, 0.2) is 0 Å². The first-order valence-corrected chi connectivity index (χ1v) is 16.5. The van der Waals surface area contributed by atoms with Crippen LogP contribution in [-0.2, 0) is 26.2 Å². The van der Waals surface area contributed by atoms with Gasteiger partial charge in [0, 0.05) is 45.0 Å². The molecular weight excluding hydrogens is 582 g/mol. The lowest BCUT2D eigenvalue weighted by Gasteiger charge is -2.39. The molecule has 3 heterocycles. The summed E-state index contributed by atoms with van der Waals surface area (Å²) in [5.74, 6) is 0.00513. The number of benzene rings is 2. The van der Waals surface area contributed by atoms with E-state index in [-0.39, 0.29) is 29.9 Å². The minimum absolute atomic E-state index is 0.0142. The number of anilines is 1. The molecule has 0 radical (unpaired) electrons. The summed E-state index contributed by atoms with van der Waals surface area (Å²) in [7, 11) is 1.70. The SMILES string of the molecule is CN(C(=O)OC(C)(C)C)[C@H]1CCN(C(=O)N[C@@H](CCc2ccccc2)C(=O)N2CCC(N3C(=O)C(C)(C)c4ccccc43)CC2)C1. The summed E-state index contributed by atoms with van der Waals surface area (Å²) in [6, 6.07) is 16.8. The molecule has 0 spiro atoms. The minimum atomic E-state index is -0.694. The summed E-state index contributed by atoms with van der Waals surface area (Å²) in [6.45, 7) is 11.3. The molecule has 10 nitrogen and oxygen atoms in total. The van der Waals surface area contributed by atoms with Crippen molar-refractivity contribution in [3.05, 3.63) is 65.7 Å². The Kier molecular flexibility index (Phi) is 9.65. The largest absolute Gasteiger partial charge is 0.444 e. The lowest BCUT2D eigenvalue weighted by atomic mass is 9.86. The van der Waals surface area contributed by atoms with E-state index in [9.17, 15) is 19.2 Å². The molecule has 2 saturated heterocycles. The Morgan fingerprint density at radius 2 is 1.59 bits per heavy atom. The van der Waals surface area contributed by atoms with E-state index < -0.39 is 23.2 Å². The van der Waals surface area contributed by atoms with Gasteiger partial charge in [-0.05, 0) is 83.9 Å². The van der Waals surface area contributed by atoms with Crippen LogP contribution in [0.15, 0.2) is 54.6 Å². The second-order valence-electron chi connectivity index (χ2n) is 14.4. The van der Waals surface area contributed by atoms with Crippen molar-refractivity contribution in [2.45, 2.75) is 95.9 Å². The van der Waals surface area contributed by atoms with Crippen LogP contribution in [0.2, 0.25) is 0 Å². The second-order valence-corrected chi connectivity index (χ2v) is 14.4. The van der Waals surface area contributed by atoms with E-state index in [0.717, 1.165) is 16.8 Å². The first kappa shape index (κ1) is 33.3. The summed E-state index contributed by atoms with van der Waals surface area (Å²) in [5, 5.41) is 3.05. The zero-order chi connectivity index (χ0) is 33.2. The van der Waals surface area contributed by atoms with E-state index in [0.29, 0.717) is 58.3 Å². The van der Waals surface area contributed by atoms with Gasteiger partial charge in [-0.25, -0.2) is 9.59 Å². The molecule has 2 atom stereocenters. The Labute approximate surface area is 273 Å². The monoisotopic (exact) mass is 631 g/mol. The number of carbonyl (C=O) groups is 4. The fourth-order valence-corrected chi connectivity index (χ4v) is 6.84. The molecule has 2 aromatic carbocycles. The molecule has 2 aromatic rings. The number of amides is 5. The van der Waals surface area contributed by atoms with Gasteiger partial charge < -0.3 is 29.7 Å². The number of piperidine rings is 1. The fourth-order valence-electron chi connectivity index (χ4n) is 6.84. The third-order valence-electron chi connectivity index (χ3n) is 9.57. The van der Waals surface area contributed by atoms with Crippen LogP contribution in [0.4, 0.5) is 15.3 Å². The van der Waals surface area contributed by atoms with Crippen LogP contribution in [0, 0.1) is 0 Å². The number of hydrogen-bond acceptors (Lipinski definition) is 5. The lowest BCUT2D eigenvalue weighted by Crippen LogP contribution is -2.55. The molecule has 10 heteroatoms. The van der Waals surface area contributed by atoms with E-state index in [1.165, 1.54) is 0 Å². The average Bonchev–Trinajstić information content (AvgIpc) is 3.60. The van der Waals surface area contributed by atoms with Crippen molar-refractivity contribution in [3.8, 4) is 0 Å². The van der Waals surface area contributed by atoms with E-state index in [2.05, 4.69) is 5.32 Å². The number of likely N-dealkylation sites (N-methyl/N-ethyl adjacent to an activating group) is 1. The second kappa shape index (κ2) is 13.3. The van der Waals surface area contributed by atoms with Crippen LogP contribution < -0.4 is 10.2 Å². The maximum Gasteiger partial charge on any atom is 0.410 e. The molecule has 248 valence electrons. The first-order chi connectivity index (χ1) is 21.8. The van der Waals surface area contributed by atoms with Gasteiger partial charge >= 0.3 is 12.1 Å². The highest BCUT2D eigenvalue weighted by Crippen LogP contribution is 2.43. The van der Waals surface area contributed by atoms with Gasteiger partial charge in [0.1, 0.15) is 11.6 Å². The molecule has 0 bridgehead atoms. The molecule has 2 fully saturated rings. The molecule has 0 aliphatic carbocycles. The quantitative estimate of drug-likeness (QED) is 0.466. The predicted octanol–water partition coefficient (Wildman–Crippen LogP) is 4.95. The molecule has 0 unspecified atom stereocenters. The summed E-state index contributed by atoms with van der Waals surface area (Å²) in [4.78, 5) is 60.7. The highest BCUT2D eigenvalue weighted by molar-refractivity contribution is 6.08. The predicted molar refractivity (Wildman–Crippen MR) is 178 cm³/mol. The number of ether oxygens (including phenoxy) is 1. The Morgan fingerprint density at radius 3 is 2.26 bits per heavy atom. The smallest absolute Gasteiger partial charge is 0.410 e. The molecule has 3 aliphatic heterocycles. The lowest BCUT2D eigenvalue weighted by molar-refractivity contribution is -0.134. The summed E-state index contributed by atoms with van der Waals surface area (Å²) >= 11 is 0. The van der Waals surface area contributed by atoms with E-state index in [1.807, 2.05) is 99.0 Å². The Balaban J connectivity index is 1.23. The third kappa shape index (κ3) is 7.16. The number of carbonyl (C=O) groups excluding carboxylic acids is 4. The van der Waals surface area contributed by atoms with Crippen LogP contribution in [0.25, 0.3) is 0 Å².